The number of benzene rings is 1. The summed E-state index contributed by atoms with van der Waals surface area (Å²) in [5.74, 6) is -0.279. The SMILES string of the molecule is O=C(COc1ccc(Cl)cc1)N1CCN(C(=O)c2cccnc2SC(F)(F)F)CC1. The average molecular weight is 460 g/mol. The fraction of sp³-hybridized carbons (Fsp3) is 0.316. The van der Waals surface area contributed by atoms with E-state index >= 15 is 0 Å². The molecule has 1 aliphatic rings. The zero-order valence-electron chi connectivity index (χ0n) is 15.6. The normalized spacial score (nSPS) is 14.5. The molecule has 3 rings (SSSR count). The van der Waals surface area contributed by atoms with Crippen LogP contribution in [-0.2, 0) is 4.79 Å². The molecule has 1 aromatic heterocycles. The minimum atomic E-state index is -4.54. The summed E-state index contributed by atoms with van der Waals surface area (Å²) in [7, 11) is 0. The lowest BCUT2D eigenvalue weighted by atomic mass is 10.2. The highest BCUT2D eigenvalue weighted by atomic mass is 35.5. The van der Waals surface area contributed by atoms with Gasteiger partial charge < -0.3 is 14.5 Å². The maximum atomic E-state index is 12.7. The van der Waals surface area contributed by atoms with Crippen LogP contribution in [0.2, 0.25) is 5.02 Å². The van der Waals surface area contributed by atoms with Gasteiger partial charge in [-0.1, -0.05) is 11.6 Å². The number of ether oxygens (including phenoxy) is 1. The number of rotatable bonds is 5. The molecule has 6 nitrogen and oxygen atoms in total. The fourth-order valence-corrected chi connectivity index (χ4v) is 3.57. The number of amides is 2. The molecular formula is C19H17ClF3N3O3S. The molecule has 0 aliphatic carbocycles. The maximum Gasteiger partial charge on any atom is 0.447 e. The van der Waals surface area contributed by atoms with E-state index in [9.17, 15) is 22.8 Å². The van der Waals surface area contributed by atoms with Gasteiger partial charge in [0, 0.05) is 49.2 Å². The van der Waals surface area contributed by atoms with Crippen LogP contribution in [0.15, 0.2) is 47.6 Å². The van der Waals surface area contributed by atoms with E-state index < -0.39 is 23.2 Å². The standard InChI is InChI=1S/C19H17ClF3N3O3S/c20-13-3-5-14(6-4-13)29-12-16(27)25-8-10-26(11-9-25)18(28)15-2-1-7-24-17(15)30-19(21,22)23/h1-7H,8-12H2. The lowest BCUT2D eigenvalue weighted by molar-refractivity contribution is -0.134. The molecule has 2 amide bonds. The summed E-state index contributed by atoms with van der Waals surface area (Å²) < 4.78 is 43.6. The molecule has 30 heavy (non-hydrogen) atoms. The Bertz CT molecular complexity index is 904. The van der Waals surface area contributed by atoms with Crippen molar-refractivity contribution in [1.82, 2.24) is 14.8 Å². The third-order valence-corrected chi connectivity index (χ3v) is 5.31. The zero-order chi connectivity index (χ0) is 21.7. The fourth-order valence-electron chi connectivity index (χ4n) is 2.84. The Hall–Kier alpha value is -2.46. The molecule has 1 aromatic carbocycles. The number of hydrogen-bond acceptors (Lipinski definition) is 5. The minimum absolute atomic E-state index is 0.106. The summed E-state index contributed by atoms with van der Waals surface area (Å²) in [5, 5.41) is 0.171. The Labute approximate surface area is 180 Å². The first-order valence-electron chi connectivity index (χ1n) is 8.89. The molecule has 0 bridgehead atoms. The van der Waals surface area contributed by atoms with Gasteiger partial charge in [-0.25, -0.2) is 4.98 Å². The van der Waals surface area contributed by atoms with Gasteiger partial charge in [-0.3, -0.25) is 9.59 Å². The lowest BCUT2D eigenvalue weighted by Crippen LogP contribution is -2.51. The Morgan fingerprint density at radius 2 is 1.70 bits per heavy atom. The molecule has 11 heteroatoms. The number of hydrogen-bond donors (Lipinski definition) is 0. The largest absolute Gasteiger partial charge is 0.484 e. The van der Waals surface area contributed by atoms with Gasteiger partial charge in [0.25, 0.3) is 11.8 Å². The Morgan fingerprint density at radius 1 is 1.07 bits per heavy atom. The Balaban J connectivity index is 1.54. The van der Waals surface area contributed by atoms with E-state index in [-0.39, 0.29) is 49.3 Å². The van der Waals surface area contributed by atoms with Crippen LogP contribution >= 0.6 is 23.4 Å². The van der Waals surface area contributed by atoms with Gasteiger partial charge in [-0.2, -0.15) is 13.2 Å². The van der Waals surface area contributed by atoms with E-state index in [0.717, 1.165) is 0 Å². The predicted octanol–water partition coefficient (Wildman–Crippen LogP) is 3.71. The van der Waals surface area contributed by atoms with Crippen molar-refractivity contribution < 1.29 is 27.5 Å². The van der Waals surface area contributed by atoms with Gasteiger partial charge in [0.15, 0.2) is 6.61 Å². The second-order valence-electron chi connectivity index (χ2n) is 6.32. The van der Waals surface area contributed by atoms with Crippen LogP contribution in [0.4, 0.5) is 13.2 Å². The zero-order valence-corrected chi connectivity index (χ0v) is 17.1. The number of carbonyl (C=O) groups excluding carboxylic acids is 2. The summed E-state index contributed by atoms with van der Waals surface area (Å²) in [4.78, 5) is 31.7. The van der Waals surface area contributed by atoms with Gasteiger partial charge in [0.2, 0.25) is 0 Å². The molecular weight excluding hydrogens is 443 g/mol. The highest BCUT2D eigenvalue weighted by Crippen LogP contribution is 2.37. The number of alkyl halides is 3. The third-order valence-electron chi connectivity index (χ3n) is 4.31. The van der Waals surface area contributed by atoms with Crippen LogP contribution in [0.25, 0.3) is 0 Å². The van der Waals surface area contributed by atoms with E-state index in [1.54, 1.807) is 29.2 Å². The molecule has 2 heterocycles. The summed E-state index contributed by atoms with van der Waals surface area (Å²) in [5.41, 5.74) is -4.65. The molecule has 1 saturated heterocycles. The second kappa shape index (κ2) is 9.57. The van der Waals surface area contributed by atoms with Gasteiger partial charge in [-0.05, 0) is 36.4 Å². The summed E-state index contributed by atoms with van der Waals surface area (Å²) in [6.45, 7) is 0.769. The van der Waals surface area contributed by atoms with E-state index in [2.05, 4.69) is 4.98 Å². The quantitative estimate of drug-likeness (QED) is 0.638. The number of carbonyl (C=O) groups is 2. The number of halogens is 4. The molecule has 160 valence electrons. The third kappa shape index (κ3) is 6.02. The van der Waals surface area contributed by atoms with Crippen LogP contribution in [0, 0.1) is 0 Å². The minimum Gasteiger partial charge on any atom is -0.484 e. The van der Waals surface area contributed by atoms with E-state index in [1.165, 1.54) is 23.2 Å². The van der Waals surface area contributed by atoms with Crippen molar-refractivity contribution in [2.75, 3.05) is 32.8 Å². The summed E-state index contributed by atoms with van der Waals surface area (Å²) >= 11 is 5.38. The van der Waals surface area contributed by atoms with Crippen LogP contribution in [0.1, 0.15) is 10.4 Å². The second-order valence-corrected chi connectivity index (χ2v) is 7.81. The molecule has 0 saturated carbocycles. The van der Waals surface area contributed by atoms with Crippen LogP contribution in [0.3, 0.4) is 0 Å². The monoisotopic (exact) mass is 459 g/mol. The topological polar surface area (TPSA) is 62.7 Å². The lowest BCUT2D eigenvalue weighted by Gasteiger charge is -2.35. The van der Waals surface area contributed by atoms with Crippen molar-refractivity contribution in [3.63, 3.8) is 0 Å². The van der Waals surface area contributed by atoms with Gasteiger partial charge >= 0.3 is 5.51 Å². The number of pyridine rings is 1. The van der Waals surface area contributed by atoms with Crippen molar-refractivity contribution in [2.24, 2.45) is 0 Å². The van der Waals surface area contributed by atoms with E-state index in [1.807, 2.05) is 0 Å². The smallest absolute Gasteiger partial charge is 0.447 e. The van der Waals surface area contributed by atoms with Crippen molar-refractivity contribution in [3.8, 4) is 5.75 Å². The molecule has 1 aliphatic heterocycles. The molecule has 2 aromatic rings. The first kappa shape index (κ1) is 22.2. The molecule has 1 fully saturated rings. The average Bonchev–Trinajstić information content (AvgIpc) is 2.72. The number of thioether (sulfide) groups is 1. The molecule has 0 atom stereocenters. The molecule has 0 unspecified atom stereocenters. The molecule has 0 N–H and O–H groups in total. The maximum absolute atomic E-state index is 12.7. The number of nitrogens with zero attached hydrogens (tertiary/aromatic N) is 3. The first-order valence-corrected chi connectivity index (χ1v) is 10.1. The van der Waals surface area contributed by atoms with Crippen LogP contribution in [-0.4, -0.2) is 64.9 Å². The van der Waals surface area contributed by atoms with Crippen LogP contribution in [0.5, 0.6) is 5.75 Å². The highest BCUT2D eigenvalue weighted by molar-refractivity contribution is 8.00. The van der Waals surface area contributed by atoms with Gasteiger partial charge in [-0.15, -0.1) is 0 Å². The van der Waals surface area contributed by atoms with Crippen LogP contribution < -0.4 is 4.74 Å². The Kier molecular flexibility index (Phi) is 7.09. The number of piperazine rings is 1. The molecule has 0 radical (unpaired) electrons. The summed E-state index contributed by atoms with van der Waals surface area (Å²) in [6.07, 6.45) is 1.21. The molecule has 0 spiro atoms. The summed E-state index contributed by atoms with van der Waals surface area (Å²) in [6, 6.07) is 9.33. The van der Waals surface area contributed by atoms with Gasteiger partial charge in [0.05, 0.1) is 5.56 Å². The van der Waals surface area contributed by atoms with Crippen molar-refractivity contribution in [1.29, 1.82) is 0 Å². The highest BCUT2D eigenvalue weighted by Gasteiger charge is 2.34. The van der Waals surface area contributed by atoms with Crippen molar-refractivity contribution in [3.05, 3.63) is 53.2 Å². The van der Waals surface area contributed by atoms with Gasteiger partial charge in [0.1, 0.15) is 10.8 Å². The first-order chi connectivity index (χ1) is 14.2. The Morgan fingerprint density at radius 3 is 2.33 bits per heavy atom. The van der Waals surface area contributed by atoms with E-state index in [0.29, 0.717) is 10.8 Å². The van der Waals surface area contributed by atoms with E-state index in [4.69, 9.17) is 16.3 Å². The van der Waals surface area contributed by atoms with Crippen molar-refractivity contribution >= 4 is 35.2 Å². The van der Waals surface area contributed by atoms with Crippen molar-refractivity contribution in [2.45, 2.75) is 10.5 Å². The predicted molar refractivity (Wildman–Crippen MR) is 106 cm³/mol. The number of aromatic nitrogens is 1.